The zero-order valence-corrected chi connectivity index (χ0v) is 15.0. The molecule has 0 saturated carbocycles. The molecule has 1 aromatic heterocycles. The Balaban J connectivity index is 1.61. The van der Waals surface area contributed by atoms with Gasteiger partial charge in [-0.25, -0.2) is 22.9 Å². The van der Waals surface area contributed by atoms with E-state index in [1.54, 1.807) is 0 Å². The number of pyridine rings is 1. The Hall–Kier alpha value is -3.14. The number of aliphatic hydroxyl groups excluding tert-OH is 1. The lowest BCUT2D eigenvalue weighted by Gasteiger charge is -2.16. The van der Waals surface area contributed by atoms with Gasteiger partial charge < -0.3 is 9.84 Å². The third-order valence-electron chi connectivity index (χ3n) is 4.87. The minimum Gasteiger partial charge on any atom is -0.441 e. The second-order valence-corrected chi connectivity index (χ2v) is 6.73. The van der Waals surface area contributed by atoms with Crippen molar-refractivity contribution in [2.75, 3.05) is 29.5 Å². The lowest BCUT2D eigenvalue weighted by Crippen LogP contribution is -2.28. The lowest BCUT2D eigenvalue weighted by atomic mass is 10.1. The summed E-state index contributed by atoms with van der Waals surface area (Å²) in [6.45, 7) is -0.236. The first kappa shape index (κ1) is 19.2. The Bertz CT molecular complexity index is 947. The summed E-state index contributed by atoms with van der Waals surface area (Å²) in [4.78, 5) is 29.8. The van der Waals surface area contributed by atoms with Crippen molar-refractivity contribution >= 4 is 23.5 Å². The molecule has 0 aliphatic carbocycles. The zero-order chi connectivity index (χ0) is 20.7. The van der Waals surface area contributed by atoms with Crippen LogP contribution >= 0.6 is 0 Å². The quantitative estimate of drug-likeness (QED) is 0.842. The van der Waals surface area contributed by atoms with Crippen LogP contribution in [0.25, 0.3) is 11.1 Å². The van der Waals surface area contributed by atoms with Crippen molar-refractivity contribution in [3.63, 3.8) is 0 Å². The molecule has 2 unspecified atom stereocenters. The molecule has 152 valence electrons. The third kappa shape index (κ3) is 3.39. The molecule has 4 rings (SSSR count). The summed E-state index contributed by atoms with van der Waals surface area (Å²) in [5.74, 6) is -2.33. The molecule has 2 atom stereocenters. The Morgan fingerprint density at radius 2 is 1.90 bits per heavy atom. The van der Waals surface area contributed by atoms with Crippen LogP contribution in [0.5, 0.6) is 0 Å². The van der Waals surface area contributed by atoms with Gasteiger partial charge in [0.15, 0.2) is 6.17 Å². The fourth-order valence-electron chi connectivity index (χ4n) is 3.39. The second kappa shape index (κ2) is 7.36. The summed E-state index contributed by atoms with van der Waals surface area (Å²) in [5, 5.41) is 9.08. The molecule has 0 radical (unpaired) electrons. The molecule has 2 aromatic rings. The predicted molar refractivity (Wildman–Crippen MR) is 96.2 cm³/mol. The van der Waals surface area contributed by atoms with Crippen LogP contribution in [0.1, 0.15) is 6.42 Å². The minimum absolute atomic E-state index is 0.0246. The maximum Gasteiger partial charge on any atom is 0.414 e. The summed E-state index contributed by atoms with van der Waals surface area (Å²) in [6, 6.07) is 4.76. The minimum atomic E-state index is -1.57. The summed E-state index contributed by atoms with van der Waals surface area (Å²) in [7, 11) is 0. The number of cyclic esters (lactones) is 1. The van der Waals surface area contributed by atoms with Crippen LogP contribution < -0.4 is 9.80 Å². The van der Waals surface area contributed by atoms with Gasteiger partial charge in [-0.2, -0.15) is 0 Å². The highest BCUT2D eigenvalue weighted by molar-refractivity contribution is 5.98. The highest BCUT2D eigenvalue weighted by atomic mass is 19.1. The molecule has 2 aliphatic heterocycles. The molecule has 0 spiro atoms. The number of alkyl halides is 1. The van der Waals surface area contributed by atoms with E-state index in [1.165, 1.54) is 23.2 Å². The molecule has 29 heavy (non-hydrogen) atoms. The molecule has 0 bridgehead atoms. The van der Waals surface area contributed by atoms with Crippen LogP contribution in [0, 0.1) is 11.6 Å². The van der Waals surface area contributed by atoms with E-state index in [0.29, 0.717) is 0 Å². The number of hydrogen-bond acceptors (Lipinski definition) is 5. The average molecular weight is 407 g/mol. The molecule has 7 nitrogen and oxygen atoms in total. The van der Waals surface area contributed by atoms with Crippen molar-refractivity contribution in [2.24, 2.45) is 0 Å². The van der Waals surface area contributed by atoms with Crippen molar-refractivity contribution in [3.8, 4) is 11.1 Å². The normalized spacial score (nSPS) is 21.8. The zero-order valence-electron chi connectivity index (χ0n) is 15.0. The van der Waals surface area contributed by atoms with E-state index in [-0.39, 0.29) is 42.1 Å². The fourth-order valence-corrected chi connectivity index (χ4v) is 3.39. The molecule has 1 aromatic carbocycles. The Morgan fingerprint density at radius 3 is 2.41 bits per heavy atom. The summed E-state index contributed by atoms with van der Waals surface area (Å²) in [6.07, 6.45) is -1.86. The molecular formula is C19H16F3N3O4. The molecule has 1 N–H and O–H groups in total. The maximum absolute atomic E-state index is 14.7. The Labute approximate surface area is 163 Å². The van der Waals surface area contributed by atoms with Crippen molar-refractivity contribution in [3.05, 3.63) is 42.1 Å². The molecular weight excluding hydrogens is 391 g/mol. The predicted octanol–water partition coefficient (Wildman–Crippen LogP) is 2.42. The summed E-state index contributed by atoms with van der Waals surface area (Å²) in [5.41, 5.74) is -0.267. The van der Waals surface area contributed by atoms with Crippen molar-refractivity contribution in [1.82, 2.24) is 4.98 Å². The lowest BCUT2D eigenvalue weighted by molar-refractivity contribution is -0.121. The standard InChI is InChI=1S/C19H16F3N3O4/c20-13-3-4-24(18(13)27)16-2-1-10(7-23-16)17-14(21)5-11(6-15(17)22)25-8-12(9-26)29-19(25)28/h1-2,5-7,12-13,26H,3-4,8-9H2. The van der Waals surface area contributed by atoms with Crippen molar-refractivity contribution < 1.29 is 32.6 Å². The summed E-state index contributed by atoms with van der Waals surface area (Å²) < 4.78 is 47.6. The van der Waals surface area contributed by atoms with E-state index in [4.69, 9.17) is 9.84 Å². The van der Waals surface area contributed by atoms with E-state index < -0.39 is 42.5 Å². The number of carbonyl (C=O) groups excluding carboxylic acids is 2. The van der Waals surface area contributed by atoms with Gasteiger partial charge in [0.2, 0.25) is 0 Å². The highest BCUT2D eigenvalue weighted by Crippen LogP contribution is 2.32. The molecule has 2 aliphatic rings. The number of ether oxygens (including phenoxy) is 1. The number of amides is 2. The number of aromatic nitrogens is 1. The second-order valence-electron chi connectivity index (χ2n) is 6.73. The Morgan fingerprint density at radius 1 is 1.17 bits per heavy atom. The number of aliphatic hydroxyl groups is 1. The van der Waals surface area contributed by atoms with E-state index >= 15 is 0 Å². The molecule has 2 amide bonds. The monoisotopic (exact) mass is 407 g/mol. The van der Waals surface area contributed by atoms with Gasteiger partial charge >= 0.3 is 6.09 Å². The maximum atomic E-state index is 14.7. The van der Waals surface area contributed by atoms with Gasteiger partial charge in [0.25, 0.3) is 5.91 Å². The van der Waals surface area contributed by atoms with Gasteiger partial charge in [-0.15, -0.1) is 0 Å². The number of rotatable bonds is 4. The number of nitrogens with zero attached hydrogens (tertiary/aromatic N) is 3. The first-order chi connectivity index (χ1) is 13.9. The fraction of sp³-hybridized carbons (Fsp3) is 0.316. The Kier molecular flexibility index (Phi) is 4.87. The summed E-state index contributed by atoms with van der Waals surface area (Å²) >= 11 is 0. The number of hydrogen-bond donors (Lipinski definition) is 1. The molecule has 2 saturated heterocycles. The van der Waals surface area contributed by atoms with Gasteiger partial charge in [0.05, 0.1) is 24.4 Å². The van der Waals surface area contributed by atoms with Gasteiger partial charge in [-0.05, 0) is 24.3 Å². The molecule has 10 heteroatoms. The number of anilines is 2. The average Bonchev–Trinajstić information content (AvgIpc) is 3.24. The van der Waals surface area contributed by atoms with Crippen LogP contribution in [0.2, 0.25) is 0 Å². The van der Waals surface area contributed by atoms with Crippen LogP contribution in [0.3, 0.4) is 0 Å². The van der Waals surface area contributed by atoms with Gasteiger partial charge in [0, 0.05) is 24.7 Å². The molecule has 3 heterocycles. The number of benzene rings is 1. The van der Waals surface area contributed by atoms with Crippen molar-refractivity contribution in [2.45, 2.75) is 18.7 Å². The van der Waals surface area contributed by atoms with E-state index in [9.17, 15) is 22.8 Å². The van der Waals surface area contributed by atoms with Crippen LogP contribution in [0.15, 0.2) is 30.5 Å². The van der Waals surface area contributed by atoms with Crippen LogP contribution in [0.4, 0.5) is 29.5 Å². The van der Waals surface area contributed by atoms with Crippen LogP contribution in [-0.4, -0.2) is 54.1 Å². The SMILES string of the molecule is O=C1OC(CO)CN1c1cc(F)c(-c2ccc(N3CCC(F)C3=O)nc2)c(F)c1. The van der Waals surface area contributed by atoms with Gasteiger partial charge in [-0.1, -0.05) is 0 Å². The topological polar surface area (TPSA) is 83.0 Å². The highest BCUT2D eigenvalue weighted by Gasteiger charge is 2.34. The van der Waals surface area contributed by atoms with E-state index in [1.807, 2.05) is 0 Å². The molecule has 2 fully saturated rings. The van der Waals surface area contributed by atoms with Crippen molar-refractivity contribution in [1.29, 1.82) is 0 Å². The van der Waals surface area contributed by atoms with Gasteiger partial charge in [0.1, 0.15) is 23.6 Å². The third-order valence-corrected chi connectivity index (χ3v) is 4.87. The number of carbonyl (C=O) groups is 2. The first-order valence-corrected chi connectivity index (χ1v) is 8.89. The smallest absolute Gasteiger partial charge is 0.414 e. The first-order valence-electron chi connectivity index (χ1n) is 8.89. The van der Waals surface area contributed by atoms with E-state index in [0.717, 1.165) is 17.0 Å². The number of halogens is 3. The largest absolute Gasteiger partial charge is 0.441 e. The van der Waals surface area contributed by atoms with E-state index in [2.05, 4.69) is 4.98 Å². The van der Waals surface area contributed by atoms with Crippen LogP contribution in [-0.2, 0) is 9.53 Å². The van der Waals surface area contributed by atoms with Gasteiger partial charge in [-0.3, -0.25) is 14.6 Å².